The van der Waals surface area contributed by atoms with Gasteiger partial charge in [-0.3, -0.25) is 0 Å². The van der Waals surface area contributed by atoms with Crippen LogP contribution in [0.3, 0.4) is 0 Å². The van der Waals surface area contributed by atoms with Crippen molar-refractivity contribution in [3.8, 4) is 11.5 Å². The van der Waals surface area contributed by atoms with E-state index >= 15 is 0 Å². The van der Waals surface area contributed by atoms with Crippen molar-refractivity contribution >= 4 is 6.03 Å². The zero-order chi connectivity index (χ0) is 17.8. The number of hydrogen-bond donors (Lipinski definition) is 1. The van der Waals surface area contributed by atoms with Gasteiger partial charge in [-0.2, -0.15) is 0 Å². The van der Waals surface area contributed by atoms with Crippen molar-refractivity contribution in [3.63, 3.8) is 0 Å². The average Bonchev–Trinajstić information content (AvgIpc) is 2.59. The molecule has 0 aromatic heterocycles. The van der Waals surface area contributed by atoms with Crippen LogP contribution in [0.15, 0.2) is 18.2 Å². The van der Waals surface area contributed by atoms with Gasteiger partial charge in [0.05, 0.1) is 13.7 Å². The van der Waals surface area contributed by atoms with Crippen LogP contribution in [0.2, 0.25) is 0 Å². The van der Waals surface area contributed by atoms with Crippen LogP contribution in [0.4, 0.5) is 4.79 Å². The summed E-state index contributed by atoms with van der Waals surface area (Å²) in [5.74, 6) is 1.48. The molecule has 0 atom stereocenters. The van der Waals surface area contributed by atoms with E-state index in [2.05, 4.69) is 19.2 Å². The predicted octanol–water partition coefficient (Wildman–Crippen LogP) is 3.86. The number of urea groups is 1. The van der Waals surface area contributed by atoms with Gasteiger partial charge < -0.3 is 19.7 Å². The highest BCUT2D eigenvalue weighted by molar-refractivity contribution is 5.74. The highest BCUT2D eigenvalue weighted by Crippen LogP contribution is 2.28. The van der Waals surface area contributed by atoms with Crippen LogP contribution >= 0.6 is 0 Å². The Morgan fingerprint density at radius 1 is 1.12 bits per heavy atom. The summed E-state index contributed by atoms with van der Waals surface area (Å²) in [5.41, 5.74) is 1.12. The van der Waals surface area contributed by atoms with Gasteiger partial charge >= 0.3 is 6.03 Å². The van der Waals surface area contributed by atoms with Crippen molar-refractivity contribution in [1.29, 1.82) is 0 Å². The van der Waals surface area contributed by atoms with Gasteiger partial charge in [0.1, 0.15) is 0 Å². The molecule has 0 aliphatic carbocycles. The molecular weight excluding hydrogens is 304 g/mol. The first-order valence-corrected chi connectivity index (χ1v) is 8.98. The molecule has 0 saturated heterocycles. The van der Waals surface area contributed by atoms with Crippen LogP contribution in [0.25, 0.3) is 0 Å². The van der Waals surface area contributed by atoms with Crippen LogP contribution in [0.5, 0.6) is 11.5 Å². The number of hydrogen-bond acceptors (Lipinski definition) is 3. The van der Waals surface area contributed by atoms with Crippen LogP contribution in [-0.2, 0) is 6.42 Å². The van der Waals surface area contributed by atoms with Gasteiger partial charge in [-0.05, 0) is 43.9 Å². The molecule has 1 aromatic carbocycles. The Labute approximate surface area is 146 Å². The first-order chi connectivity index (χ1) is 11.7. The highest BCUT2D eigenvalue weighted by Gasteiger charge is 2.11. The average molecular weight is 336 g/mol. The molecule has 0 heterocycles. The Morgan fingerprint density at radius 3 is 2.54 bits per heavy atom. The molecule has 24 heavy (non-hydrogen) atoms. The molecular formula is C19H32N2O3. The number of carbonyl (C=O) groups is 1. The fourth-order valence-electron chi connectivity index (χ4n) is 2.50. The topological polar surface area (TPSA) is 50.8 Å². The van der Waals surface area contributed by atoms with Gasteiger partial charge in [0.15, 0.2) is 11.5 Å². The second kappa shape index (κ2) is 11.6. The van der Waals surface area contributed by atoms with Crippen molar-refractivity contribution in [2.45, 2.75) is 46.5 Å². The molecule has 0 bridgehead atoms. The normalized spacial score (nSPS) is 10.3. The van der Waals surface area contributed by atoms with Crippen molar-refractivity contribution < 1.29 is 14.3 Å². The van der Waals surface area contributed by atoms with E-state index in [4.69, 9.17) is 9.47 Å². The maximum absolute atomic E-state index is 12.3. The maximum atomic E-state index is 12.3. The number of ether oxygens (including phenoxy) is 2. The summed E-state index contributed by atoms with van der Waals surface area (Å²) in [5, 5.41) is 3.02. The largest absolute Gasteiger partial charge is 0.493 e. The number of nitrogens with zero attached hydrogens (tertiary/aromatic N) is 1. The SMILES string of the molecule is CCCCN(CCC)C(=O)NCCc1ccc(OCC)c(OC)c1. The van der Waals surface area contributed by atoms with Gasteiger partial charge in [0, 0.05) is 19.6 Å². The summed E-state index contributed by atoms with van der Waals surface area (Å²) < 4.78 is 10.9. The van der Waals surface area contributed by atoms with E-state index in [1.54, 1.807) is 7.11 Å². The smallest absolute Gasteiger partial charge is 0.317 e. The molecule has 5 nitrogen and oxygen atoms in total. The molecule has 136 valence electrons. The Morgan fingerprint density at radius 2 is 1.92 bits per heavy atom. The Kier molecular flexibility index (Phi) is 9.73. The Hall–Kier alpha value is -1.91. The van der Waals surface area contributed by atoms with Crippen LogP contribution < -0.4 is 14.8 Å². The van der Waals surface area contributed by atoms with E-state index in [9.17, 15) is 4.79 Å². The lowest BCUT2D eigenvalue weighted by atomic mass is 10.1. The lowest BCUT2D eigenvalue weighted by Crippen LogP contribution is -2.41. The summed E-state index contributed by atoms with van der Waals surface area (Å²) in [7, 11) is 1.64. The minimum Gasteiger partial charge on any atom is -0.493 e. The minimum atomic E-state index is 0.0307. The first-order valence-electron chi connectivity index (χ1n) is 8.98. The molecule has 0 aliphatic rings. The zero-order valence-electron chi connectivity index (χ0n) is 15.6. The van der Waals surface area contributed by atoms with E-state index in [-0.39, 0.29) is 6.03 Å². The van der Waals surface area contributed by atoms with E-state index < -0.39 is 0 Å². The molecule has 1 N–H and O–H groups in total. The number of nitrogens with one attached hydrogen (secondary N) is 1. The molecule has 0 saturated carbocycles. The third-order valence-electron chi connectivity index (χ3n) is 3.78. The summed E-state index contributed by atoms with van der Waals surface area (Å²) >= 11 is 0. The van der Waals surface area contributed by atoms with E-state index in [0.29, 0.717) is 13.2 Å². The van der Waals surface area contributed by atoms with Crippen LogP contribution in [0, 0.1) is 0 Å². The second-order valence-electron chi connectivity index (χ2n) is 5.74. The number of benzene rings is 1. The third-order valence-corrected chi connectivity index (χ3v) is 3.78. The quantitative estimate of drug-likeness (QED) is 0.667. The fraction of sp³-hybridized carbons (Fsp3) is 0.632. The van der Waals surface area contributed by atoms with Gasteiger partial charge in [0.25, 0.3) is 0 Å². The van der Waals surface area contributed by atoms with Crippen LogP contribution in [0.1, 0.15) is 45.6 Å². The number of carbonyl (C=O) groups excluding carboxylic acids is 1. The lowest BCUT2D eigenvalue weighted by molar-refractivity contribution is 0.197. The number of rotatable bonds is 11. The van der Waals surface area contributed by atoms with Crippen molar-refractivity contribution in [1.82, 2.24) is 10.2 Å². The van der Waals surface area contributed by atoms with Crippen molar-refractivity contribution in [2.75, 3.05) is 33.4 Å². The summed E-state index contributed by atoms with van der Waals surface area (Å²) in [4.78, 5) is 14.2. The van der Waals surface area contributed by atoms with Gasteiger partial charge in [0.2, 0.25) is 0 Å². The number of unbranched alkanes of at least 4 members (excludes halogenated alkanes) is 1. The first kappa shape index (κ1) is 20.1. The summed E-state index contributed by atoms with van der Waals surface area (Å²) in [6.07, 6.45) is 3.89. The molecule has 0 aliphatic heterocycles. The Bertz CT molecular complexity index is 492. The van der Waals surface area contributed by atoms with Gasteiger partial charge in [-0.1, -0.05) is 26.3 Å². The van der Waals surface area contributed by atoms with Crippen LogP contribution in [-0.4, -0.2) is 44.3 Å². The highest BCUT2D eigenvalue weighted by atomic mass is 16.5. The molecule has 2 amide bonds. The molecule has 1 rings (SSSR count). The number of amides is 2. The molecule has 0 spiro atoms. The number of methoxy groups -OCH3 is 1. The minimum absolute atomic E-state index is 0.0307. The van der Waals surface area contributed by atoms with Gasteiger partial charge in [-0.15, -0.1) is 0 Å². The molecule has 0 unspecified atom stereocenters. The zero-order valence-corrected chi connectivity index (χ0v) is 15.6. The summed E-state index contributed by atoms with van der Waals surface area (Å²) in [6.45, 7) is 9.04. The van der Waals surface area contributed by atoms with Crippen molar-refractivity contribution in [3.05, 3.63) is 23.8 Å². The summed E-state index contributed by atoms with van der Waals surface area (Å²) in [6, 6.07) is 5.94. The Balaban J connectivity index is 2.51. The molecule has 0 fully saturated rings. The third kappa shape index (κ3) is 6.69. The molecule has 0 radical (unpaired) electrons. The monoisotopic (exact) mass is 336 g/mol. The molecule has 1 aromatic rings. The van der Waals surface area contributed by atoms with Gasteiger partial charge in [-0.25, -0.2) is 4.79 Å². The predicted molar refractivity (Wildman–Crippen MR) is 98.0 cm³/mol. The lowest BCUT2D eigenvalue weighted by Gasteiger charge is -2.22. The van der Waals surface area contributed by atoms with Crippen molar-refractivity contribution in [2.24, 2.45) is 0 Å². The standard InChI is InChI=1S/C19H32N2O3/c1-5-8-14-21(13-6-2)19(22)20-12-11-16-9-10-17(24-7-3)18(15-16)23-4/h9-10,15H,5-8,11-14H2,1-4H3,(H,20,22). The maximum Gasteiger partial charge on any atom is 0.317 e. The van der Waals surface area contributed by atoms with E-state index in [0.717, 1.165) is 55.8 Å². The van der Waals surface area contributed by atoms with E-state index in [1.807, 2.05) is 30.0 Å². The molecule has 5 heteroatoms. The van der Waals surface area contributed by atoms with E-state index in [1.165, 1.54) is 0 Å². The second-order valence-corrected chi connectivity index (χ2v) is 5.74. The fourth-order valence-corrected chi connectivity index (χ4v) is 2.50.